The van der Waals surface area contributed by atoms with Crippen molar-refractivity contribution in [2.45, 2.75) is 20.3 Å². The van der Waals surface area contributed by atoms with Gasteiger partial charge in [0.1, 0.15) is 0 Å². The summed E-state index contributed by atoms with van der Waals surface area (Å²) < 4.78 is 0. The van der Waals surface area contributed by atoms with Gasteiger partial charge in [-0.15, -0.1) is 6.58 Å². The molecule has 0 saturated carbocycles. The van der Waals surface area contributed by atoms with E-state index in [4.69, 9.17) is 5.11 Å². The van der Waals surface area contributed by atoms with Gasteiger partial charge in [0.15, 0.2) is 0 Å². The molecule has 0 bridgehead atoms. The molecule has 0 aromatic heterocycles. The maximum Gasteiger partial charge on any atom is 0.320 e. The summed E-state index contributed by atoms with van der Waals surface area (Å²) in [7, 11) is 0. The fourth-order valence-electron chi connectivity index (χ4n) is 2.38. The molecule has 1 fully saturated rings. The first kappa shape index (κ1) is 14.5. The van der Waals surface area contributed by atoms with Crippen LogP contribution in [0.3, 0.4) is 0 Å². The lowest BCUT2D eigenvalue weighted by Gasteiger charge is -2.37. The number of hydrogen-bond donors (Lipinski definition) is 1. The summed E-state index contributed by atoms with van der Waals surface area (Å²) in [6.07, 6.45) is 2.24. The van der Waals surface area contributed by atoms with Crippen molar-refractivity contribution in [2.75, 3.05) is 26.2 Å². The number of hydrogen-bond acceptors (Lipinski definition) is 2. The van der Waals surface area contributed by atoms with Gasteiger partial charge in [0.05, 0.1) is 5.92 Å². The van der Waals surface area contributed by atoms with Crippen LogP contribution in [-0.2, 0) is 4.79 Å². The second-order valence-corrected chi connectivity index (χ2v) is 4.77. The van der Waals surface area contributed by atoms with E-state index in [9.17, 15) is 9.59 Å². The van der Waals surface area contributed by atoms with Crippen LogP contribution in [0.5, 0.6) is 0 Å². The van der Waals surface area contributed by atoms with E-state index in [0.717, 1.165) is 0 Å². The van der Waals surface area contributed by atoms with Crippen LogP contribution in [0, 0.1) is 11.8 Å². The predicted octanol–water partition coefficient (Wildman–Crippen LogP) is 1.66. The first-order valence-corrected chi connectivity index (χ1v) is 6.38. The number of nitrogens with zero attached hydrogens (tertiary/aromatic N) is 2. The van der Waals surface area contributed by atoms with Crippen LogP contribution in [0.1, 0.15) is 20.3 Å². The van der Waals surface area contributed by atoms with Crippen molar-refractivity contribution in [1.82, 2.24) is 9.80 Å². The number of carboxylic acid groups (broad SMARTS) is 1. The number of aliphatic carboxylic acids is 1. The molecule has 0 aromatic rings. The summed E-state index contributed by atoms with van der Waals surface area (Å²) in [5.74, 6) is -1.08. The maximum atomic E-state index is 12.2. The molecule has 1 aliphatic rings. The fourth-order valence-corrected chi connectivity index (χ4v) is 2.38. The molecule has 0 spiro atoms. The number of urea groups is 1. The van der Waals surface area contributed by atoms with Crippen molar-refractivity contribution in [3.63, 3.8) is 0 Å². The third kappa shape index (κ3) is 3.24. The molecule has 18 heavy (non-hydrogen) atoms. The Hall–Kier alpha value is -1.52. The van der Waals surface area contributed by atoms with Crippen LogP contribution in [-0.4, -0.2) is 53.1 Å². The molecule has 1 heterocycles. The van der Waals surface area contributed by atoms with Gasteiger partial charge in [0, 0.05) is 26.2 Å². The second kappa shape index (κ2) is 6.42. The zero-order valence-electron chi connectivity index (χ0n) is 11.1. The minimum atomic E-state index is -0.756. The Morgan fingerprint density at radius 3 is 2.67 bits per heavy atom. The minimum absolute atomic E-state index is 0.00244. The van der Waals surface area contributed by atoms with E-state index in [1.165, 1.54) is 0 Å². The number of amides is 2. The van der Waals surface area contributed by atoms with E-state index in [2.05, 4.69) is 6.58 Å². The van der Waals surface area contributed by atoms with Gasteiger partial charge in [-0.2, -0.15) is 0 Å². The second-order valence-electron chi connectivity index (χ2n) is 4.77. The maximum absolute atomic E-state index is 12.2. The van der Waals surface area contributed by atoms with Gasteiger partial charge >= 0.3 is 12.0 Å². The number of carbonyl (C=O) groups is 2. The van der Waals surface area contributed by atoms with Crippen molar-refractivity contribution in [3.8, 4) is 0 Å². The van der Waals surface area contributed by atoms with Crippen LogP contribution in [0.4, 0.5) is 4.79 Å². The van der Waals surface area contributed by atoms with Crippen molar-refractivity contribution in [3.05, 3.63) is 12.7 Å². The van der Waals surface area contributed by atoms with Gasteiger partial charge in [-0.25, -0.2) is 4.79 Å². The topological polar surface area (TPSA) is 60.9 Å². The average Bonchev–Trinajstić information content (AvgIpc) is 2.34. The normalized spacial score (nSPS) is 23.6. The van der Waals surface area contributed by atoms with Crippen LogP contribution in [0.15, 0.2) is 12.7 Å². The summed E-state index contributed by atoms with van der Waals surface area (Å²) in [6, 6.07) is -0.0203. The van der Waals surface area contributed by atoms with E-state index in [-0.39, 0.29) is 17.9 Å². The van der Waals surface area contributed by atoms with Gasteiger partial charge in [-0.1, -0.05) is 13.0 Å². The van der Waals surface area contributed by atoms with Crippen molar-refractivity contribution in [1.29, 1.82) is 0 Å². The molecule has 0 radical (unpaired) electrons. The summed E-state index contributed by atoms with van der Waals surface area (Å²) in [4.78, 5) is 26.7. The molecular weight excluding hydrogens is 232 g/mol. The Morgan fingerprint density at radius 2 is 2.22 bits per heavy atom. The van der Waals surface area contributed by atoms with E-state index < -0.39 is 5.97 Å². The van der Waals surface area contributed by atoms with Crippen molar-refractivity contribution >= 4 is 12.0 Å². The zero-order valence-corrected chi connectivity index (χ0v) is 11.1. The van der Waals surface area contributed by atoms with E-state index in [1.54, 1.807) is 15.9 Å². The zero-order chi connectivity index (χ0) is 13.7. The van der Waals surface area contributed by atoms with Gasteiger partial charge in [-0.3, -0.25) is 4.79 Å². The van der Waals surface area contributed by atoms with Crippen LogP contribution < -0.4 is 0 Å². The smallest absolute Gasteiger partial charge is 0.320 e. The molecule has 0 aliphatic carbocycles. The lowest BCUT2D eigenvalue weighted by atomic mass is 9.87. The van der Waals surface area contributed by atoms with Crippen LogP contribution >= 0.6 is 0 Å². The number of rotatable bonds is 4. The first-order chi connectivity index (χ1) is 8.51. The van der Waals surface area contributed by atoms with Crippen LogP contribution in [0.2, 0.25) is 0 Å². The van der Waals surface area contributed by atoms with Gasteiger partial charge in [0.25, 0.3) is 0 Å². The Bertz CT molecular complexity index is 330. The molecule has 2 unspecified atom stereocenters. The number of piperidine rings is 1. The monoisotopic (exact) mass is 254 g/mol. The van der Waals surface area contributed by atoms with E-state index in [0.29, 0.717) is 32.6 Å². The lowest BCUT2D eigenvalue weighted by molar-refractivity contribution is -0.145. The SMILES string of the molecule is C=CCN(CC)C(=O)N1CCC(C(=O)O)C(C)C1. The van der Waals surface area contributed by atoms with Crippen molar-refractivity contribution in [2.24, 2.45) is 11.8 Å². The summed E-state index contributed by atoms with van der Waals surface area (Å²) in [5, 5.41) is 9.05. The molecule has 1 rings (SSSR count). The third-order valence-electron chi connectivity index (χ3n) is 3.49. The summed E-state index contributed by atoms with van der Waals surface area (Å²) in [5.41, 5.74) is 0. The minimum Gasteiger partial charge on any atom is -0.481 e. The molecule has 1 saturated heterocycles. The lowest BCUT2D eigenvalue weighted by Crippen LogP contribution is -2.50. The highest BCUT2D eigenvalue weighted by atomic mass is 16.4. The van der Waals surface area contributed by atoms with E-state index in [1.807, 2.05) is 13.8 Å². The van der Waals surface area contributed by atoms with Crippen molar-refractivity contribution < 1.29 is 14.7 Å². The third-order valence-corrected chi connectivity index (χ3v) is 3.49. The van der Waals surface area contributed by atoms with Gasteiger partial charge in [-0.05, 0) is 19.3 Å². The molecule has 1 aliphatic heterocycles. The number of carboxylic acids is 1. The Morgan fingerprint density at radius 1 is 1.56 bits per heavy atom. The fraction of sp³-hybridized carbons (Fsp3) is 0.692. The summed E-state index contributed by atoms with van der Waals surface area (Å²) in [6.45, 7) is 9.66. The Kier molecular flexibility index (Phi) is 5.19. The number of likely N-dealkylation sites (N-methyl/N-ethyl adjacent to an activating group) is 1. The van der Waals surface area contributed by atoms with Gasteiger partial charge in [0.2, 0.25) is 0 Å². The quantitative estimate of drug-likeness (QED) is 0.776. The number of carbonyl (C=O) groups excluding carboxylic acids is 1. The Balaban J connectivity index is 2.62. The molecular formula is C13H22N2O3. The van der Waals surface area contributed by atoms with Gasteiger partial charge < -0.3 is 14.9 Å². The average molecular weight is 254 g/mol. The molecule has 2 atom stereocenters. The predicted molar refractivity (Wildman–Crippen MR) is 69.3 cm³/mol. The van der Waals surface area contributed by atoms with E-state index >= 15 is 0 Å². The highest BCUT2D eigenvalue weighted by Crippen LogP contribution is 2.24. The summed E-state index contributed by atoms with van der Waals surface area (Å²) >= 11 is 0. The highest BCUT2D eigenvalue weighted by molar-refractivity contribution is 5.76. The molecule has 2 amide bonds. The number of likely N-dealkylation sites (tertiary alicyclic amines) is 1. The first-order valence-electron chi connectivity index (χ1n) is 6.38. The highest BCUT2D eigenvalue weighted by Gasteiger charge is 2.33. The molecule has 1 N–H and O–H groups in total. The Labute approximate surface area is 108 Å². The molecule has 0 aromatic carbocycles. The largest absolute Gasteiger partial charge is 0.481 e. The molecule has 102 valence electrons. The standard InChI is InChI=1S/C13H22N2O3/c1-4-7-14(5-2)13(18)15-8-6-11(12(16)17)10(3)9-15/h4,10-11H,1,5-9H2,2-3H3,(H,16,17). The van der Waals surface area contributed by atoms with Crippen LogP contribution in [0.25, 0.3) is 0 Å². The molecule has 5 nitrogen and oxygen atoms in total. The molecule has 5 heteroatoms.